The summed E-state index contributed by atoms with van der Waals surface area (Å²) in [4.78, 5) is 11.1. The van der Waals surface area contributed by atoms with Crippen LogP contribution in [0.1, 0.15) is 54.4 Å². The Morgan fingerprint density at radius 2 is 2.12 bits per heavy atom. The van der Waals surface area contributed by atoms with E-state index in [0.717, 1.165) is 17.9 Å². The van der Waals surface area contributed by atoms with Crippen molar-refractivity contribution in [2.75, 3.05) is 0 Å². The SMILES string of the molecule is CCCC1(Cn2c(C)cc(C(=O)O)c2C)CC1. The molecule has 3 heteroatoms. The van der Waals surface area contributed by atoms with Crippen LogP contribution in [-0.4, -0.2) is 15.6 Å². The molecule has 0 saturated heterocycles. The molecule has 0 atom stereocenters. The van der Waals surface area contributed by atoms with Crippen molar-refractivity contribution in [1.82, 2.24) is 4.57 Å². The molecule has 94 valence electrons. The molecule has 0 amide bonds. The van der Waals surface area contributed by atoms with Crippen LogP contribution in [0.3, 0.4) is 0 Å². The van der Waals surface area contributed by atoms with Gasteiger partial charge in [0.25, 0.3) is 0 Å². The third-order valence-corrected chi connectivity index (χ3v) is 4.04. The highest BCUT2D eigenvalue weighted by molar-refractivity contribution is 5.89. The summed E-state index contributed by atoms with van der Waals surface area (Å²) < 4.78 is 2.19. The van der Waals surface area contributed by atoms with Crippen LogP contribution in [0.2, 0.25) is 0 Å². The smallest absolute Gasteiger partial charge is 0.337 e. The van der Waals surface area contributed by atoms with E-state index in [4.69, 9.17) is 5.11 Å². The van der Waals surface area contributed by atoms with Crippen LogP contribution in [0.25, 0.3) is 0 Å². The highest BCUT2D eigenvalue weighted by atomic mass is 16.4. The summed E-state index contributed by atoms with van der Waals surface area (Å²) in [5, 5.41) is 9.11. The monoisotopic (exact) mass is 235 g/mol. The van der Waals surface area contributed by atoms with Crippen LogP contribution in [0, 0.1) is 19.3 Å². The molecule has 3 nitrogen and oxygen atoms in total. The van der Waals surface area contributed by atoms with Crippen LogP contribution in [-0.2, 0) is 6.54 Å². The molecule has 1 aromatic rings. The van der Waals surface area contributed by atoms with Gasteiger partial charge in [0.1, 0.15) is 0 Å². The number of hydrogen-bond acceptors (Lipinski definition) is 1. The summed E-state index contributed by atoms with van der Waals surface area (Å²) in [6.45, 7) is 7.13. The molecular formula is C14H21NO2. The first-order valence-electron chi connectivity index (χ1n) is 6.39. The fourth-order valence-electron chi connectivity index (χ4n) is 2.79. The van der Waals surface area contributed by atoms with Gasteiger partial charge < -0.3 is 9.67 Å². The molecular weight excluding hydrogens is 214 g/mol. The predicted octanol–water partition coefficient (Wildman–Crippen LogP) is 3.38. The fourth-order valence-corrected chi connectivity index (χ4v) is 2.79. The van der Waals surface area contributed by atoms with E-state index in [1.165, 1.54) is 25.7 Å². The van der Waals surface area contributed by atoms with Crippen LogP contribution in [0.15, 0.2) is 6.07 Å². The maximum absolute atomic E-state index is 11.1. The van der Waals surface area contributed by atoms with Crippen LogP contribution >= 0.6 is 0 Å². The average Bonchev–Trinajstić information content (AvgIpc) is 2.95. The molecule has 1 aromatic heterocycles. The lowest BCUT2D eigenvalue weighted by Crippen LogP contribution is -2.14. The summed E-state index contributed by atoms with van der Waals surface area (Å²) in [5.41, 5.74) is 2.88. The minimum atomic E-state index is -0.815. The number of carbonyl (C=O) groups is 1. The number of aromatic nitrogens is 1. The second-order valence-corrected chi connectivity index (χ2v) is 5.43. The van der Waals surface area contributed by atoms with Crippen LogP contribution < -0.4 is 0 Å². The Kier molecular flexibility index (Phi) is 3.02. The van der Waals surface area contributed by atoms with E-state index < -0.39 is 5.97 Å². The number of carboxylic acids is 1. The van der Waals surface area contributed by atoms with Crippen molar-refractivity contribution in [3.63, 3.8) is 0 Å². The van der Waals surface area contributed by atoms with Gasteiger partial charge in [-0.15, -0.1) is 0 Å². The van der Waals surface area contributed by atoms with Crippen molar-refractivity contribution in [3.05, 3.63) is 23.0 Å². The number of rotatable bonds is 5. The van der Waals surface area contributed by atoms with Crippen molar-refractivity contribution < 1.29 is 9.90 Å². The highest BCUT2D eigenvalue weighted by Crippen LogP contribution is 2.51. The van der Waals surface area contributed by atoms with Crippen LogP contribution in [0.4, 0.5) is 0 Å². The predicted molar refractivity (Wildman–Crippen MR) is 67.4 cm³/mol. The van der Waals surface area contributed by atoms with Crippen molar-refractivity contribution in [2.45, 2.75) is 53.0 Å². The molecule has 1 aliphatic rings. The molecule has 0 spiro atoms. The zero-order valence-electron chi connectivity index (χ0n) is 10.9. The molecule has 0 aromatic carbocycles. The first kappa shape index (κ1) is 12.2. The Balaban J connectivity index is 2.24. The van der Waals surface area contributed by atoms with Gasteiger partial charge in [-0.2, -0.15) is 0 Å². The second-order valence-electron chi connectivity index (χ2n) is 5.43. The summed E-state index contributed by atoms with van der Waals surface area (Å²) in [5.74, 6) is -0.815. The Bertz CT molecular complexity index is 441. The molecule has 0 radical (unpaired) electrons. The van der Waals surface area contributed by atoms with E-state index in [1.807, 2.05) is 13.8 Å². The molecule has 1 saturated carbocycles. The highest BCUT2D eigenvalue weighted by Gasteiger charge is 2.42. The first-order valence-corrected chi connectivity index (χ1v) is 6.39. The maximum atomic E-state index is 11.1. The standard InChI is InChI=1S/C14H21NO2/c1-4-5-14(6-7-14)9-15-10(2)8-12(11(15)3)13(16)17/h8H,4-7,9H2,1-3H3,(H,16,17). The van der Waals surface area contributed by atoms with E-state index in [0.29, 0.717) is 11.0 Å². The normalized spacial score (nSPS) is 17.1. The van der Waals surface area contributed by atoms with Crippen molar-refractivity contribution in [1.29, 1.82) is 0 Å². The van der Waals surface area contributed by atoms with Gasteiger partial charge in [0, 0.05) is 17.9 Å². The van der Waals surface area contributed by atoms with Gasteiger partial charge in [0.15, 0.2) is 0 Å². The van der Waals surface area contributed by atoms with E-state index in [2.05, 4.69) is 11.5 Å². The molecule has 1 aliphatic carbocycles. The zero-order valence-corrected chi connectivity index (χ0v) is 10.9. The zero-order chi connectivity index (χ0) is 12.6. The first-order chi connectivity index (χ1) is 7.99. The maximum Gasteiger partial charge on any atom is 0.337 e. The Hall–Kier alpha value is -1.25. The minimum absolute atomic E-state index is 0.454. The molecule has 0 aliphatic heterocycles. The van der Waals surface area contributed by atoms with Crippen LogP contribution in [0.5, 0.6) is 0 Å². The number of aromatic carboxylic acids is 1. The van der Waals surface area contributed by atoms with Gasteiger partial charge in [-0.3, -0.25) is 0 Å². The van der Waals surface area contributed by atoms with E-state index in [9.17, 15) is 4.79 Å². The third kappa shape index (κ3) is 2.24. The van der Waals surface area contributed by atoms with Crippen molar-refractivity contribution >= 4 is 5.97 Å². The lowest BCUT2D eigenvalue weighted by atomic mass is 10.0. The largest absolute Gasteiger partial charge is 0.478 e. The van der Waals surface area contributed by atoms with Gasteiger partial charge in [-0.1, -0.05) is 13.3 Å². The lowest BCUT2D eigenvalue weighted by molar-refractivity contribution is 0.0696. The van der Waals surface area contributed by atoms with Gasteiger partial charge in [0.05, 0.1) is 5.56 Å². The summed E-state index contributed by atoms with van der Waals surface area (Å²) in [6, 6.07) is 1.79. The third-order valence-electron chi connectivity index (χ3n) is 4.04. The van der Waals surface area contributed by atoms with Gasteiger partial charge in [-0.25, -0.2) is 4.79 Å². The van der Waals surface area contributed by atoms with Crippen molar-refractivity contribution in [2.24, 2.45) is 5.41 Å². The van der Waals surface area contributed by atoms with Gasteiger partial charge in [0.2, 0.25) is 0 Å². The average molecular weight is 235 g/mol. The number of carboxylic acid groups (broad SMARTS) is 1. The number of hydrogen-bond donors (Lipinski definition) is 1. The van der Waals surface area contributed by atoms with Gasteiger partial charge >= 0.3 is 5.97 Å². The topological polar surface area (TPSA) is 42.2 Å². The number of nitrogens with zero attached hydrogens (tertiary/aromatic N) is 1. The fraction of sp³-hybridized carbons (Fsp3) is 0.643. The quantitative estimate of drug-likeness (QED) is 0.850. The lowest BCUT2D eigenvalue weighted by Gasteiger charge is -2.18. The Morgan fingerprint density at radius 3 is 2.53 bits per heavy atom. The van der Waals surface area contributed by atoms with Crippen molar-refractivity contribution in [3.8, 4) is 0 Å². The van der Waals surface area contributed by atoms with E-state index in [-0.39, 0.29) is 0 Å². The summed E-state index contributed by atoms with van der Waals surface area (Å²) >= 11 is 0. The molecule has 1 heterocycles. The molecule has 17 heavy (non-hydrogen) atoms. The summed E-state index contributed by atoms with van der Waals surface area (Å²) in [7, 11) is 0. The second kappa shape index (κ2) is 4.21. The molecule has 1 N–H and O–H groups in total. The summed E-state index contributed by atoms with van der Waals surface area (Å²) in [6.07, 6.45) is 5.05. The molecule has 2 rings (SSSR count). The Morgan fingerprint density at radius 1 is 1.47 bits per heavy atom. The Labute approximate surface area is 102 Å². The molecule has 0 unspecified atom stereocenters. The minimum Gasteiger partial charge on any atom is -0.478 e. The van der Waals surface area contributed by atoms with Gasteiger partial charge in [-0.05, 0) is 44.6 Å². The van der Waals surface area contributed by atoms with E-state index >= 15 is 0 Å². The van der Waals surface area contributed by atoms with E-state index in [1.54, 1.807) is 6.07 Å². The molecule has 1 fully saturated rings. The number of aryl methyl sites for hydroxylation is 1. The molecule has 0 bridgehead atoms.